The number of ether oxygens (including phenoxy) is 3. The second-order valence-corrected chi connectivity index (χ2v) is 10.1. The lowest BCUT2D eigenvalue weighted by atomic mass is 9.65. The van der Waals surface area contributed by atoms with Crippen LogP contribution in [0.2, 0.25) is 0 Å². The number of nitrogens with zero attached hydrogens (tertiary/aromatic N) is 1. The average molecular weight is 442 g/mol. The molecule has 6 rings (SSSR count). The predicted octanol–water partition coefficient (Wildman–Crippen LogP) is 5.11. The molecule has 0 amide bonds. The van der Waals surface area contributed by atoms with Gasteiger partial charge in [0.1, 0.15) is 18.5 Å². The number of carbonyl (C=O) groups is 1. The highest BCUT2D eigenvalue weighted by atomic mass is 16.7. The van der Waals surface area contributed by atoms with E-state index < -0.39 is 5.79 Å². The fraction of sp³-hybridized carbons (Fsp3) is 0.429. The van der Waals surface area contributed by atoms with Crippen molar-refractivity contribution in [3.05, 3.63) is 69.8 Å². The number of allylic oxidation sites excluding steroid dienone is 2. The molecule has 0 N–H and O–H groups in total. The molecule has 168 valence electrons. The summed E-state index contributed by atoms with van der Waals surface area (Å²) in [7, 11) is 0. The van der Waals surface area contributed by atoms with Crippen LogP contribution < -0.4 is 4.74 Å². The molecule has 4 aliphatic rings. The number of nitriles is 1. The Morgan fingerprint density at radius 1 is 1.12 bits per heavy atom. The van der Waals surface area contributed by atoms with Crippen molar-refractivity contribution in [3.8, 4) is 11.8 Å². The van der Waals surface area contributed by atoms with Crippen molar-refractivity contribution in [3.63, 3.8) is 0 Å². The van der Waals surface area contributed by atoms with Gasteiger partial charge in [0.05, 0.1) is 18.2 Å². The molecule has 1 heterocycles. The molecule has 2 aromatic rings. The number of carbonyl (C=O) groups excluding carboxylic acids is 1. The molecule has 5 nitrogen and oxygen atoms in total. The van der Waals surface area contributed by atoms with E-state index in [1.807, 2.05) is 44.2 Å². The van der Waals surface area contributed by atoms with E-state index in [9.17, 15) is 10.1 Å². The van der Waals surface area contributed by atoms with E-state index in [0.717, 1.165) is 65.7 Å². The second-order valence-electron chi connectivity index (χ2n) is 10.1. The highest BCUT2D eigenvalue weighted by molar-refractivity contribution is 6.33. The van der Waals surface area contributed by atoms with Crippen LogP contribution in [-0.4, -0.2) is 30.9 Å². The van der Waals surface area contributed by atoms with Gasteiger partial charge in [-0.2, -0.15) is 5.26 Å². The Labute approximate surface area is 194 Å². The maximum absolute atomic E-state index is 13.7. The van der Waals surface area contributed by atoms with Crippen molar-refractivity contribution in [2.24, 2.45) is 0 Å². The Morgan fingerprint density at radius 3 is 2.64 bits per heavy atom. The number of rotatable bonds is 3. The van der Waals surface area contributed by atoms with E-state index in [4.69, 9.17) is 14.2 Å². The summed E-state index contributed by atoms with van der Waals surface area (Å²) in [6, 6.07) is 13.9. The molecule has 1 saturated heterocycles. The summed E-state index contributed by atoms with van der Waals surface area (Å²) in [6.07, 6.45) is 5.03. The third-order valence-electron chi connectivity index (χ3n) is 7.69. The summed E-state index contributed by atoms with van der Waals surface area (Å²) in [6.45, 7) is 4.75. The first-order chi connectivity index (χ1) is 15.9. The van der Waals surface area contributed by atoms with E-state index in [2.05, 4.69) is 12.1 Å². The molecule has 1 saturated carbocycles. The zero-order valence-corrected chi connectivity index (χ0v) is 19.1. The Bertz CT molecular complexity index is 1240. The van der Waals surface area contributed by atoms with Crippen molar-refractivity contribution in [1.82, 2.24) is 0 Å². The smallest absolute Gasteiger partial charge is 0.193 e. The minimum atomic E-state index is -0.573. The van der Waals surface area contributed by atoms with Crippen LogP contribution in [0.15, 0.2) is 42.0 Å². The van der Waals surface area contributed by atoms with Crippen LogP contribution in [0.5, 0.6) is 5.75 Å². The van der Waals surface area contributed by atoms with Crippen molar-refractivity contribution in [2.45, 2.75) is 63.3 Å². The Balaban J connectivity index is 1.36. The number of hydrogen-bond donors (Lipinski definition) is 0. The van der Waals surface area contributed by atoms with E-state index >= 15 is 0 Å². The first kappa shape index (κ1) is 20.7. The standard InChI is InChI=1S/C28H27NO4/c1-27(2)32-16-20(33-27)15-31-19-6-8-22-23(13-19)28(9-3-4-10-28)24-12-18-11-17(14-29)5-7-21(18)25(24)26(22)30/h5-8,11,13,20H,3-4,9-10,12,15-16H2,1-2H3/t20-/m0/s1. The molecule has 1 atom stereocenters. The van der Waals surface area contributed by atoms with Crippen LogP contribution in [0.3, 0.4) is 0 Å². The predicted molar refractivity (Wildman–Crippen MR) is 123 cm³/mol. The molecule has 0 bridgehead atoms. The number of hydrogen-bond acceptors (Lipinski definition) is 5. The molecule has 33 heavy (non-hydrogen) atoms. The zero-order chi connectivity index (χ0) is 22.8. The monoisotopic (exact) mass is 441 g/mol. The minimum Gasteiger partial charge on any atom is -0.491 e. The largest absolute Gasteiger partial charge is 0.491 e. The third-order valence-corrected chi connectivity index (χ3v) is 7.69. The summed E-state index contributed by atoms with van der Waals surface area (Å²) in [5.41, 5.74) is 6.65. The lowest BCUT2D eigenvalue weighted by Crippen LogP contribution is -2.33. The van der Waals surface area contributed by atoms with Crippen molar-refractivity contribution >= 4 is 11.4 Å². The van der Waals surface area contributed by atoms with Gasteiger partial charge in [0, 0.05) is 16.6 Å². The molecular formula is C28H27NO4. The first-order valence-corrected chi connectivity index (χ1v) is 11.8. The van der Waals surface area contributed by atoms with Gasteiger partial charge in [-0.1, -0.05) is 18.9 Å². The maximum Gasteiger partial charge on any atom is 0.193 e. The van der Waals surface area contributed by atoms with E-state index in [1.165, 1.54) is 5.57 Å². The van der Waals surface area contributed by atoms with Crippen molar-refractivity contribution in [1.29, 1.82) is 5.26 Å². The number of ketones is 1. The molecule has 2 aromatic carbocycles. The van der Waals surface area contributed by atoms with Gasteiger partial charge in [0.15, 0.2) is 11.6 Å². The van der Waals surface area contributed by atoms with E-state index in [0.29, 0.717) is 18.8 Å². The van der Waals surface area contributed by atoms with E-state index in [1.54, 1.807) is 0 Å². The Morgan fingerprint density at radius 2 is 1.91 bits per heavy atom. The van der Waals surface area contributed by atoms with Crippen LogP contribution in [0.1, 0.15) is 72.1 Å². The maximum atomic E-state index is 13.7. The molecule has 3 aliphatic carbocycles. The number of benzene rings is 2. The first-order valence-electron chi connectivity index (χ1n) is 11.8. The number of fused-ring (bicyclic) bond motifs is 5. The summed E-state index contributed by atoms with van der Waals surface area (Å²) in [5.74, 6) is 0.296. The Kier molecular flexibility index (Phi) is 4.56. The zero-order valence-electron chi connectivity index (χ0n) is 19.1. The van der Waals surface area contributed by atoms with Crippen LogP contribution in [0.4, 0.5) is 0 Å². The van der Waals surface area contributed by atoms with Gasteiger partial charge >= 0.3 is 0 Å². The lowest BCUT2D eigenvalue weighted by Gasteiger charge is -2.38. The molecular weight excluding hydrogens is 414 g/mol. The van der Waals surface area contributed by atoms with Crippen molar-refractivity contribution in [2.75, 3.05) is 13.2 Å². The van der Waals surface area contributed by atoms with Crippen LogP contribution in [0.25, 0.3) is 5.57 Å². The van der Waals surface area contributed by atoms with Gasteiger partial charge in [-0.05, 0) is 85.7 Å². The lowest BCUT2D eigenvalue weighted by molar-refractivity contribution is -0.141. The summed E-state index contributed by atoms with van der Waals surface area (Å²) < 4.78 is 17.6. The summed E-state index contributed by atoms with van der Waals surface area (Å²) in [5, 5.41) is 9.35. The Hall–Kier alpha value is -2.94. The quantitative estimate of drug-likeness (QED) is 0.662. The van der Waals surface area contributed by atoms with Gasteiger partial charge in [-0.25, -0.2) is 0 Å². The van der Waals surface area contributed by atoms with Gasteiger partial charge in [0.2, 0.25) is 0 Å². The van der Waals surface area contributed by atoms with Crippen molar-refractivity contribution < 1.29 is 19.0 Å². The fourth-order valence-electron chi connectivity index (χ4n) is 6.25. The van der Waals surface area contributed by atoms with Crippen LogP contribution in [-0.2, 0) is 21.3 Å². The minimum absolute atomic E-state index is 0.0989. The molecule has 1 spiro atoms. The van der Waals surface area contributed by atoms with Crippen LogP contribution in [0, 0.1) is 11.3 Å². The summed E-state index contributed by atoms with van der Waals surface area (Å²) >= 11 is 0. The normalized spacial score (nSPS) is 23.9. The van der Waals surface area contributed by atoms with Gasteiger partial charge in [-0.3, -0.25) is 4.79 Å². The molecule has 0 aromatic heterocycles. The van der Waals surface area contributed by atoms with Gasteiger partial charge < -0.3 is 14.2 Å². The molecule has 1 aliphatic heterocycles. The van der Waals surface area contributed by atoms with Gasteiger partial charge in [0.25, 0.3) is 0 Å². The van der Waals surface area contributed by atoms with Gasteiger partial charge in [-0.15, -0.1) is 0 Å². The molecule has 0 radical (unpaired) electrons. The molecule has 5 heteroatoms. The van der Waals surface area contributed by atoms with E-state index in [-0.39, 0.29) is 17.3 Å². The average Bonchev–Trinajstić information content (AvgIpc) is 3.53. The molecule has 0 unspecified atom stereocenters. The highest BCUT2D eigenvalue weighted by Crippen LogP contribution is 2.57. The highest BCUT2D eigenvalue weighted by Gasteiger charge is 2.49. The topological polar surface area (TPSA) is 68.5 Å². The SMILES string of the molecule is CC1(C)OC[C@H](COc2ccc3c(c2)C2(CCCC2)C2=C(C3=O)c3ccc(C#N)cc3C2)O1. The molecule has 2 fully saturated rings. The summed E-state index contributed by atoms with van der Waals surface area (Å²) in [4.78, 5) is 13.7. The number of Topliss-reactive ketones (excluding diaryl/α,β-unsaturated/α-hetero) is 1. The third kappa shape index (κ3) is 3.16. The fourth-order valence-corrected chi connectivity index (χ4v) is 6.25. The second kappa shape index (κ2) is 7.28. The van der Waals surface area contributed by atoms with Crippen LogP contribution >= 0.6 is 0 Å².